The molecule has 4 N–H and O–H groups in total. The van der Waals surface area contributed by atoms with Crippen molar-refractivity contribution in [3.05, 3.63) is 89.5 Å². The van der Waals surface area contributed by atoms with Crippen LogP contribution in [0.25, 0.3) is 10.6 Å². The maximum absolute atomic E-state index is 13.9. The van der Waals surface area contributed by atoms with Gasteiger partial charge in [0, 0.05) is 29.1 Å². The Morgan fingerprint density at radius 2 is 1.98 bits per heavy atom. The number of nitrogens with two attached hydrogens (primary N) is 1. The molecule has 3 aromatic rings. The number of nitrogens with zero attached hydrogens (tertiary/aromatic N) is 2. The summed E-state index contributed by atoms with van der Waals surface area (Å²) in [5.41, 5.74) is 8.45. The van der Waals surface area contributed by atoms with Gasteiger partial charge in [0.2, 0.25) is 11.8 Å². The van der Waals surface area contributed by atoms with Crippen LogP contribution in [0.5, 0.6) is 0 Å². The smallest absolute Gasteiger partial charge is 0.248 e. The molecule has 0 bridgehead atoms. The molecule has 2 heterocycles. The van der Waals surface area contributed by atoms with Gasteiger partial charge >= 0.3 is 0 Å². The van der Waals surface area contributed by atoms with Crippen LogP contribution < -0.4 is 11.1 Å². The molecule has 224 valence electrons. The molecule has 0 radical (unpaired) electrons. The second kappa shape index (κ2) is 14.7. The van der Waals surface area contributed by atoms with Gasteiger partial charge in [-0.3, -0.25) is 9.59 Å². The molecule has 0 unspecified atom stereocenters. The van der Waals surface area contributed by atoms with Gasteiger partial charge in [-0.25, -0.2) is 4.98 Å². The topological polar surface area (TPSA) is 118 Å². The van der Waals surface area contributed by atoms with Crippen LogP contribution in [0, 0.1) is 5.41 Å². The van der Waals surface area contributed by atoms with Crippen LogP contribution in [0.2, 0.25) is 0 Å². The van der Waals surface area contributed by atoms with Crippen molar-refractivity contribution >= 4 is 23.2 Å². The number of carbonyl (C=O) groups is 2. The van der Waals surface area contributed by atoms with Crippen molar-refractivity contribution in [3.8, 4) is 10.6 Å². The van der Waals surface area contributed by atoms with Crippen LogP contribution in [-0.4, -0.2) is 64.2 Å². The molecule has 0 spiro atoms. The van der Waals surface area contributed by atoms with E-state index in [1.807, 2.05) is 71.8 Å². The predicted molar refractivity (Wildman–Crippen MR) is 167 cm³/mol. The average molecular weight is 591 g/mol. The number of aliphatic hydroxyl groups excluding tert-OH is 1. The van der Waals surface area contributed by atoms with E-state index in [-0.39, 0.29) is 18.6 Å². The highest BCUT2D eigenvalue weighted by Crippen LogP contribution is 2.30. The summed E-state index contributed by atoms with van der Waals surface area (Å²) in [6.45, 7) is 6.28. The highest BCUT2D eigenvalue weighted by atomic mass is 32.1. The minimum atomic E-state index is -0.876. The van der Waals surface area contributed by atoms with E-state index in [0.717, 1.165) is 34.5 Å². The van der Waals surface area contributed by atoms with Crippen molar-refractivity contribution in [1.29, 1.82) is 0 Å². The Morgan fingerprint density at radius 1 is 1.21 bits per heavy atom. The molecule has 4 rings (SSSR count). The van der Waals surface area contributed by atoms with Crippen molar-refractivity contribution in [2.24, 2.45) is 11.1 Å². The molecule has 1 aromatic heterocycles. The highest BCUT2D eigenvalue weighted by molar-refractivity contribution is 7.13. The first kappa shape index (κ1) is 31.6. The number of aliphatic hydroxyl groups is 1. The van der Waals surface area contributed by atoms with Gasteiger partial charge in [0.1, 0.15) is 11.0 Å². The Hall–Kier alpha value is -3.37. The van der Waals surface area contributed by atoms with Crippen molar-refractivity contribution in [1.82, 2.24) is 15.2 Å². The molecule has 1 aliphatic rings. The number of amides is 2. The lowest BCUT2D eigenvalue weighted by Crippen LogP contribution is -2.57. The Kier molecular flexibility index (Phi) is 11.0. The number of aromatic nitrogens is 1. The third-order valence-corrected chi connectivity index (χ3v) is 8.50. The number of hydrogen-bond donors (Lipinski definition) is 3. The molecule has 0 aliphatic carbocycles. The highest BCUT2D eigenvalue weighted by Gasteiger charge is 2.37. The average Bonchev–Trinajstić information content (AvgIpc) is 3.71. The molecule has 42 heavy (non-hydrogen) atoms. The van der Waals surface area contributed by atoms with Crippen LogP contribution in [0.4, 0.5) is 0 Å². The second-order valence-electron chi connectivity index (χ2n) is 11.4. The fourth-order valence-corrected chi connectivity index (χ4v) is 5.80. The minimum Gasteiger partial charge on any atom is -0.395 e. The van der Waals surface area contributed by atoms with Crippen molar-refractivity contribution in [2.45, 2.75) is 70.9 Å². The zero-order valence-corrected chi connectivity index (χ0v) is 25.4. The monoisotopic (exact) mass is 590 g/mol. The van der Waals surface area contributed by atoms with Crippen molar-refractivity contribution in [2.75, 3.05) is 13.2 Å². The van der Waals surface area contributed by atoms with E-state index < -0.39 is 29.5 Å². The summed E-state index contributed by atoms with van der Waals surface area (Å²) >= 11 is 1.60. The van der Waals surface area contributed by atoms with Gasteiger partial charge in [-0.2, -0.15) is 0 Å². The van der Waals surface area contributed by atoms with Crippen LogP contribution >= 0.6 is 11.3 Å². The van der Waals surface area contributed by atoms with E-state index in [1.165, 1.54) is 0 Å². The lowest BCUT2D eigenvalue weighted by Gasteiger charge is -2.32. The summed E-state index contributed by atoms with van der Waals surface area (Å²) in [5.74, 6) is -0.596. The summed E-state index contributed by atoms with van der Waals surface area (Å²) in [5, 5.41) is 16.2. The number of rotatable bonds is 13. The van der Waals surface area contributed by atoms with Gasteiger partial charge in [-0.15, -0.1) is 11.3 Å². The van der Waals surface area contributed by atoms with Gasteiger partial charge in [0.05, 0.1) is 31.4 Å². The van der Waals surface area contributed by atoms with E-state index in [1.54, 1.807) is 31.4 Å². The molecule has 1 saturated heterocycles. The normalized spacial score (nSPS) is 18.9. The minimum absolute atomic E-state index is 0.0386. The quantitative estimate of drug-likeness (QED) is 0.255. The fraction of sp³-hybridized carbons (Fsp3) is 0.424. The molecule has 0 saturated carbocycles. The number of benzene rings is 2. The molecule has 5 atom stereocenters. The Morgan fingerprint density at radius 3 is 2.67 bits per heavy atom. The summed E-state index contributed by atoms with van der Waals surface area (Å²) in [4.78, 5) is 32.7. The standard InChI is InChI=1S/C33H42N4O4S/c1-23(34)30(39)36-29(24(2)41-21-25-9-5-4-6-10-25)32(40)37-17-8-13-28(37)14-15-33(3,22-38)20-26-11-7-12-27(19-26)31-35-16-18-42-31/h4-7,9-12,14-16,18-19,23-24,28-29,38H,8,13,17,20-22,34H2,1-3H3,(H,36,39)/t23-,24+,28-,29-,33-/m0/s1. The van der Waals surface area contributed by atoms with E-state index in [9.17, 15) is 14.7 Å². The molecule has 8 nitrogen and oxygen atoms in total. The zero-order chi connectivity index (χ0) is 30.1. The summed E-state index contributed by atoms with van der Waals surface area (Å²) < 4.78 is 6.06. The Balaban J connectivity index is 1.47. The lowest BCUT2D eigenvalue weighted by molar-refractivity contribution is -0.141. The number of nitrogens with one attached hydrogen (secondary N) is 1. The lowest BCUT2D eigenvalue weighted by atomic mass is 9.83. The number of hydrogen-bond acceptors (Lipinski definition) is 7. The van der Waals surface area contributed by atoms with Gasteiger partial charge < -0.3 is 25.8 Å². The van der Waals surface area contributed by atoms with Gasteiger partial charge in [0.15, 0.2) is 0 Å². The summed E-state index contributed by atoms with van der Waals surface area (Å²) in [7, 11) is 0. The van der Waals surface area contributed by atoms with Gasteiger partial charge in [-0.05, 0) is 50.3 Å². The maximum Gasteiger partial charge on any atom is 0.248 e. The molecule has 2 aromatic carbocycles. The third kappa shape index (κ3) is 8.35. The molecular weight excluding hydrogens is 548 g/mol. The first-order chi connectivity index (χ1) is 20.2. The fourth-order valence-electron chi connectivity index (χ4n) is 5.17. The summed E-state index contributed by atoms with van der Waals surface area (Å²) in [6.07, 6.45) is 7.58. The van der Waals surface area contributed by atoms with E-state index in [4.69, 9.17) is 10.5 Å². The first-order valence-corrected chi connectivity index (χ1v) is 15.4. The van der Waals surface area contributed by atoms with Crippen molar-refractivity contribution in [3.63, 3.8) is 0 Å². The first-order valence-electron chi connectivity index (χ1n) is 14.5. The molecule has 1 aliphatic heterocycles. The predicted octanol–water partition coefficient (Wildman–Crippen LogP) is 4.34. The second-order valence-corrected chi connectivity index (χ2v) is 12.3. The molecule has 2 amide bonds. The number of likely N-dealkylation sites (tertiary alicyclic amines) is 1. The third-order valence-electron chi connectivity index (χ3n) is 7.68. The SMILES string of the molecule is C[C@H](N)C(=O)N[C@H](C(=O)N1CCC[C@H]1C=C[C@](C)(CO)Cc1cccc(-c2nccs2)c1)[C@@H](C)OCc1ccccc1. The molecule has 1 fully saturated rings. The molecule has 9 heteroatoms. The van der Waals surface area contributed by atoms with Crippen LogP contribution in [0.15, 0.2) is 78.3 Å². The largest absolute Gasteiger partial charge is 0.395 e. The van der Waals surface area contributed by atoms with Crippen molar-refractivity contribution < 1.29 is 19.4 Å². The number of ether oxygens (including phenoxy) is 1. The molecular formula is C33H42N4O4S. The Bertz CT molecular complexity index is 1330. The number of thiazole rings is 1. The summed E-state index contributed by atoms with van der Waals surface area (Å²) in [6, 6.07) is 16.2. The van der Waals surface area contributed by atoms with E-state index >= 15 is 0 Å². The maximum atomic E-state index is 13.9. The van der Waals surface area contributed by atoms with Gasteiger partial charge in [-0.1, -0.05) is 67.6 Å². The number of carbonyl (C=O) groups excluding carboxylic acids is 2. The van der Waals surface area contributed by atoms with E-state index in [2.05, 4.69) is 22.4 Å². The van der Waals surface area contributed by atoms with Crippen LogP contribution in [-0.2, 0) is 27.4 Å². The Labute approximate surface area is 252 Å². The zero-order valence-electron chi connectivity index (χ0n) is 24.6. The van der Waals surface area contributed by atoms with E-state index in [0.29, 0.717) is 19.6 Å². The van der Waals surface area contributed by atoms with Crippen LogP contribution in [0.1, 0.15) is 44.7 Å². The van der Waals surface area contributed by atoms with Gasteiger partial charge in [0.25, 0.3) is 0 Å². The van der Waals surface area contributed by atoms with Crippen LogP contribution in [0.3, 0.4) is 0 Å².